The Kier molecular flexibility index (Phi) is 12.3. The number of methoxy groups -OCH3 is 1. The largest absolute Gasteiger partial charge is 0.493 e. The molecule has 0 unspecified atom stereocenters. The highest BCUT2D eigenvalue weighted by molar-refractivity contribution is 14.0. The number of halogens is 1. The van der Waals surface area contributed by atoms with Crippen LogP contribution in [0.5, 0.6) is 5.75 Å². The molecular weight excluding hydrogens is 469 g/mol. The minimum atomic E-state index is 0. The standard InChI is InChI=1S/C20H31N5O2.HI/c1-4-22-20(23-9-11-25-10-8-21-16-25)24-15-18-7-6-17(2)14-19(18)27-13-5-12-26-3;/h6-8,10,14,16H,4-5,9,11-13,15H2,1-3H3,(H2,22,23,24);1H. The van der Waals surface area contributed by atoms with Crippen molar-refractivity contribution in [2.24, 2.45) is 4.99 Å². The molecule has 0 atom stereocenters. The molecule has 2 N–H and O–H groups in total. The lowest BCUT2D eigenvalue weighted by molar-refractivity contribution is 0.172. The molecule has 1 heterocycles. The molecule has 0 amide bonds. The molecule has 0 spiro atoms. The van der Waals surface area contributed by atoms with Crippen molar-refractivity contribution >= 4 is 29.9 Å². The fraction of sp³-hybridized carbons (Fsp3) is 0.500. The first kappa shape index (κ1) is 24.2. The van der Waals surface area contributed by atoms with Crippen molar-refractivity contribution in [1.82, 2.24) is 20.2 Å². The average Bonchev–Trinajstić information content (AvgIpc) is 3.18. The highest BCUT2D eigenvalue weighted by Crippen LogP contribution is 2.21. The highest BCUT2D eigenvalue weighted by atomic mass is 127. The summed E-state index contributed by atoms with van der Waals surface area (Å²) in [7, 11) is 1.70. The van der Waals surface area contributed by atoms with Gasteiger partial charge in [0.05, 0.1) is 19.5 Å². The van der Waals surface area contributed by atoms with E-state index in [0.29, 0.717) is 19.8 Å². The Morgan fingerprint density at radius 1 is 1.25 bits per heavy atom. The third-order valence-electron chi connectivity index (χ3n) is 3.95. The van der Waals surface area contributed by atoms with Crippen LogP contribution in [0.1, 0.15) is 24.5 Å². The predicted molar refractivity (Wildman–Crippen MR) is 124 cm³/mol. The number of guanidine groups is 1. The lowest BCUT2D eigenvalue weighted by Gasteiger charge is -2.14. The van der Waals surface area contributed by atoms with Gasteiger partial charge in [-0.2, -0.15) is 0 Å². The fourth-order valence-corrected chi connectivity index (χ4v) is 2.54. The molecule has 2 rings (SSSR count). The lowest BCUT2D eigenvalue weighted by Crippen LogP contribution is -2.38. The Morgan fingerprint density at radius 2 is 2.11 bits per heavy atom. The number of aromatic nitrogens is 2. The van der Waals surface area contributed by atoms with Crippen LogP contribution in [0, 0.1) is 6.92 Å². The molecule has 0 aliphatic heterocycles. The number of aryl methyl sites for hydroxylation is 1. The Bertz CT molecular complexity index is 692. The van der Waals surface area contributed by atoms with Gasteiger partial charge >= 0.3 is 0 Å². The van der Waals surface area contributed by atoms with Crippen molar-refractivity contribution in [2.45, 2.75) is 33.4 Å². The van der Waals surface area contributed by atoms with Crippen LogP contribution in [0.25, 0.3) is 0 Å². The normalized spacial score (nSPS) is 11.0. The second kappa shape index (κ2) is 14.2. The molecule has 1 aromatic carbocycles. The number of hydrogen-bond acceptors (Lipinski definition) is 4. The summed E-state index contributed by atoms with van der Waals surface area (Å²) in [6.45, 7) is 8.44. The van der Waals surface area contributed by atoms with Gasteiger partial charge in [-0.05, 0) is 25.5 Å². The average molecular weight is 501 g/mol. The molecule has 8 heteroatoms. The van der Waals surface area contributed by atoms with E-state index in [9.17, 15) is 0 Å². The first-order valence-corrected chi connectivity index (χ1v) is 9.42. The lowest BCUT2D eigenvalue weighted by atomic mass is 10.1. The van der Waals surface area contributed by atoms with Crippen molar-refractivity contribution in [3.05, 3.63) is 48.0 Å². The Hall–Kier alpha value is -1.81. The summed E-state index contributed by atoms with van der Waals surface area (Å²) in [4.78, 5) is 8.75. The molecule has 0 aliphatic carbocycles. The summed E-state index contributed by atoms with van der Waals surface area (Å²) < 4.78 is 13.1. The van der Waals surface area contributed by atoms with E-state index in [2.05, 4.69) is 47.7 Å². The van der Waals surface area contributed by atoms with Crippen LogP contribution in [0.2, 0.25) is 0 Å². The third-order valence-corrected chi connectivity index (χ3v) is 3.95. The minimum absolute atomic E-state index is 0. The van der Waals surface area contributed by atoms with Crippen molar-refractivity contribution in [3.8, 4) is 5.75 Å². The zero-order chi connectivity index (χ0) is 19.3. The molecule has 28 heavy (non-hydrogen) atoms. The van der Waals surface area contributed by atoms with Crippen LogP contribution in [0.3, 0.4) is 0 Å². The maximum Gasteiger partial charge on any atom is 0.191 e. The molecule has 0 bridgehead atoms. The van der Waals surface area contributed by atoms with Crippen molar-refractivity contribution < 1.29 is 9.47 Å². The zero-order valence-corrected chi connectivity index (χ0v) is 19.3. The smallest absolute Gasteiger partial charge is 0.191 e. The van der Waals surface area contributed by atoms with E-state index in [1.54, 1.807) is 13.3 Å². The van der Waals surface area contributed by atoms with Crippen LogP contribution in [0.15, 0.2) is 41.9 Å². The minimum Gasteiger partial charge on any atom is -0.493 e. The third kappa shape index (κ3) is 8.92. The summed E-state index contributed by atoms with van der Waals surface area (Å²) >= 11 is 0. The van der Waals surface area contributed by atoms with Gasteiger partial charge in [0, 0.05) is 57.7 Å². The van der Waals surface area contributed by atoms with E-state index >= 15 is 0 Å². The van der Waals surface area contributed by atoms with Gasteiger partial charge in [-0.25, -0.2) is 9.98 Å². The molecule has 0 fully saturated rings. The first-order valence-electron chi connectivity index (χ1n) is 9.42. The van der Waals surface area contributed by atoms with E-state index in [1.165, 1.54) is 5.56 Å². The Balaban J connectivity index is 0.00000392. The summed E-state index contributed by atoms with van der Waals surface area (Å²) in [5.74, 6) is 1.69. The molecule has 0 saturated carbocycles. The van der Waals surface area contributed by atoms with E-state index in [1.807, 2.05) is 17.1 Å². The molecule has 0 radical (unpaired) electrons. The van der Waals surface area contributed by atoms with Crippen molar-refractivity contribution in [2.75, 3.05) is 33.4 Å². The summed E-state index contributed by atoms with van der Waals surface area (Å²) in [6.07, 6.45) is 6.41. The number of rotatable bonds is 11. The van der Waals surface area contributed by atoms with E-state index in [-0.39, 0.29) is 24.0 Å². The first-order chi connectivity index (χ1) is 13.2. The number of nitrogens with one attached hydrogen (secondary N) is 2. The quantitative estimate of drug-likeness (QED) is 0.215. The van der Waals surface area contributed by atoms with Gasteiger partial charge in [-0.1, -0.05) is 12.1 Å². The topological polar surface area (TPSA) is 72.7 Å². The Labute approximate surface area is 185 Å². The number of aliphatic imine (C=N–C) groups is 1. The molecule has 1 aromatic heterocycles. The van der Waals surface area contributed by atoms with Crippen molar-refractivity contribution in [1.29, 1.82) is 0 Å². The molecule has 7 nitrogen and oxygen atoms in total. The van der Waals surface area contributed by atoms with Crippen LogP contribution in [0.4, 0.5) is 0 Å². The fourth-order valence-electron chi connectivity index (χ4n) is 2.54. The van der Waals surface area contributed by atoms with Crippen molar-refractivity contribution in [3.63, 3.8) is 0 Å². The number of benzene rings is 1. The van der Waals surface area contributed by atoms with Gasteiger partial charge in [0.25, 0.3) is 0 Å². The number of imidazole rings is 1. The van der Waals surface area contributed by atoms with Gasteiger partial charge in [-0.15, -0.1) is 24.0 Å². The summed E-state index contributed by atoms with van der Waals surface area (Å²) in [5, 5.41) is 6.63. The van der Waals surface area contributed by atoms with E-state index in [0.717, 1.165) is 43.3 Å². The molecule has 0 saturated heterocycles. The van der Waals surface area contributed by atoms with Crippen LogP contribution >= 0.6 is 24.0 Å². The monoisotopic (exact) mass is 501 g/mol. The SMILES string of the molecule is CCNC(=NCc1ccc(C)cc1OCCCOC)NCCn1ccnc1.I. The molecule has 2 aromatic rings. The van der Waals surface area contributed by atoms with Crippen LogP contribution < -0.4 is 15.4 Å². The predicted octanol–water partition coefficient (Wildman–Crippen LogP) is 2.98. The molecule has 156 valence electrons. The summed E-state index contributed by atoms with van der Waals surface area (Å²) in [6, 6.07) is 6.24. The summed E-state index contributed by atoms with van der Waals surface area (Å²) in [5.41, 5.74) is 2.25. The second-order valence-electron chi connectivity index (χ2n) is 6.23. The number of nitrogens with zero attached hydrogens (tertiary/aromatic N) is 3. The van der Waals surface area contributed by atoms with Gasteiger partial charge < -0.3 is 24.7 Å². The maximum absolute atomic E-state index is 5.94. The zero-order valence-electron chi connectivity index (χ0n) is 17.0. The van der Waals surface area contributed by atoms with Crippen LogP contribution in [-0.2, 0) is 17.8 Å². The van der Waals surface area contributed by atoms with E-state index < -0.39 is 0 Å². The van der Waals surface area contributed by atoms with Gasteiger partial charge in [-0.3, -0.25) is 0 Å². The highest BCUT2D eigenvalue weighted by Gasteiger charge is 2.05. The Morgan fingerprint density at radius 3 is 2.82 bits per heavy atom. The molecular formula is C20H32IN5O2. The van der Waals surface area contributed by atoms with E-state index in [4.69, 9.17) is 14.5 Å². The molecule has 0 aliphatic rings. The number of ether oxygens (including phenoxy) is 2. The van der Waals surface area contributed by atoms with Gasteiger partial charge in [0.1, 0.15) is 5.75 Å². The maximum atomic E-state index is 5.94. The number of hydrogen-bond donors (Lipinski definition) is 2. The van der Waals surface area contributed by atoms with Gasteiger partial charge in [0.2, 0.25) is 0 Å². The van der Waals surface area contributed by atoms with Gasteiger partial charge in [0.15, 0.2) is 5.96 Å². The second-order valence-corrected chi connectivity index (χ2v) is 6.23. The van der Waals surface area contributed by atoms with Crippen LogP contribution in [-0.4, -0.2) is 48.9 Å².